The van der Waals surface area contributed by atoms with Crippen LogP contribution >= 0.6 is 11.6 Å². The summed E-state index contributed by atoms with van der Waals surface area (Å²) >= 11 is 5.85. The first-order chi connectivity index (χ1) is 15.1. The van der Waals surface area contributed by atoms with Gasteiger partial charge in [-0.3, -0.25) is 9.59 Å². The molecule has 4 aromatic rings. The Bertz CT molecular complexity index is 1230. The summed E-state index contributed by atoms with van der Waals surface area (Å²) in [6, 6.07) is 24.8. The Labute approximate surface area is 183 Å². The first-order valence-electron chi connectivity index (χ1n) is 9.45. The van der Waals surface area contributed by atoms with Crippen LogP contribution in [-0.4, -0.2) is 27.7 Å². The number of ketones is 1. The average molecular weight is 429 g/mol. The van der Waals surface area contributed by atoms with Gasteiger partial charge in [-0.2, -0.15) is 10.2 Å². The number of hydrogen-bond donors (Lipinski definition) is 1. The minimum Gasteiger partial charge on any atom is -0.287 e. The number of hydrogen-bond acceptors (Lipinski definition) is 4. The van der Waals surface area contributed by atoms with E-state index in [2.05, 4.69) is 15.6 Å². The van der Waals surface area contributed by atoms with Crippen molar-refractivity contribution in [2.45, 2.75) is 0 Å². The molecule has 1 amide bonds. The summed E-state index contributed by atoms with van der Waals surface area (Å²) in [6.07, 6.45) is 3.11. The van der Waals surface area contributed by atoms with Gasteiger partial charge < -0.3 is 0 Å². The van der Waals surface area contributed by atoms with Crippen molar-refractivity contribution in [2.75, 3.05) is 0 Å². The van der Waals surface area contributed by atoms with Crippen LogP contribution in [0.2, 0.25) is 5.02 Å². The van der Waals surface area contributed by atoms with E-state index in [0.29, 0.717) is 21.7 Å². The van der Waals surface area contributed by atoms with E-state index in [1.807, 2.05) is 36.4 Å². The zero-order valence-corrected chi connectivity index (χ0v) is 17.0. The highest BCUT2D eigenvalue weighted by Gasteiger charge is 2.18. The van der Waals surface area contributed by atoms with Gasteiger partial charge in [-0.1, -0.05) is 60.1 Å². The van der Waals surface area contributed by atoms with Crippen LogP contribution in [0.4, 0.5) is 0 Å². The van der Waals surface area contributed by atoms with E-state index < -0.39 is 0 Å². The summed E-state index contributed by atoms with van der Waals surface area (Å²) in [7, 11) is 0. The summed E-state index contributed by atoms with van der Waals surface area (Å²) in [6.45, 7) is 0. The van der Waals surface area contributed by atoms with E-state index in [1.54, 1.807) is 59.4 Å². The van der Waals surface area contributed by atoms with Gasteiger partial charge in [0.25, 0.3) is 5.91 Å². The van der Waals surface area contributed by atoms with E-state index >= 15 is 0 Å². The molecule has 3 aromatic carbocycles. The molecule has 0 saturated carbocycles. The zero-order chi connectivity index (χ0) is 21.6. The van der Waals surface area contributed by atoms with Crippen LogP contribution in [-0.2, 0) is 0 Å². The molecule has 0 spiro atoms. The molecule has 152 valence electrons. The normalized spacial score (nSPS) is 10.9. The maximum Gasteiger partial charge on any atom is 0.271 e. The van der Waals surface area contributed by atoms with Crippen molar-refractivity contribution in [1.82, 2.24) is 15.2 Å². The molecule has 6 nitrogen and oxygen atoms in total. The average Bonchev–Trinajstić information content (AvgIpc) is 3.24. The number of rotatable bonds is 6. The third-order valence-corrected chi connectivity index (χ3v) is 4.74. The van der Waals surface area contributed by atoms with Crippen molar-refractivity contribution in [2.24, 2.45) is 5.10 Å². The number of benzene rings is 3. The van der Waals surface area contributed by atoms with Crippen molar-refractivity contribution >= 4 is 29.5 Å². The minimum absolute atomic E-state index is 0.235. The fourth-order valence-corrected chi connectivity index (χ4v) is 3.05. The molecule has 0 aliphatic rings. The lowest BCUT2D eigenvalue weighted by atomic mass is 10.1. The van der Waals surface area contributed by atoms with Gasteiger partial charge in [0.1, 0.15) is 5.69 Å². The van der Waals surface area contributed by atoms with Crippen LogP contribution in [0.1, 0.15) is 32.0 Å². The second-order valence-electron chi connectivity index (χ2n) is 6.61. The van der Waals surface area contributed by atoms with E-state index in [-0.39, 0.29) is 17.4 Å². The fraction of sp³-hybridized carbons (Fsp3) is 0. The highest BCUT2D eigenvalue weighted by Crippen LogP contribution is 2.15. The first-order valence-corrected chi connectivity index (χ1v) is 9.83. The van der Waals surface area contributed by atoms with Crippen LogP contribution in [0.25, 0.3) is 5.69 Å². The van der Waals surface area contributed by atoms with Gasteiger partial charge >= 0.3 is 0 Å². The second kappa shape index (κ2) is 9.19. The summed E-state index contributed by atoms with van der Waals surface area (Å²) in [5, 5.41) is 9.03. The SMILES string of the molecule is O=C(N/N=C/c1cn(-c2ccccc2)nc1C(=O)c1ccccc1)c1ccc(Cl)cc1. The van der Waals surface area contributed by atoms with E-state index in [9.17, 15) is 9.59 Å². The van der Waals surface area contributed by atoms with Gasteiger partial charge in [0, 0.05) is 27.9 Å². The van der Waals surface area contributed by atoms with Crippen LogP contribution in [0.5, 0.6) is 0 Å². The molecule has 0 bridgehead atoms. The molecular formula is C24H17ClN4O2. The first kappa shape index (κ1) is 20.3. The van der Waals surface area contributed by atoms with E-state index in [4.69, 9.17) is 11.6 Å². The Kier molecular flexibility index (Phi) is 6.01. The Hall–Kier alpha value is -4.03. The third kappa shape index (κ3) is 4.76. The molecule has 0 atom stereocenters. The standard InChI is InChI=1S/C24H17ClN4O2/c25-20-13-11-18(12-14-20)24(31)27-26-15-19-16-29(21-9-5-2-6-10-21)28-22(19)23(30)17-7-3-1-4-8-17/h1-16H,(H,27,31)/b26-15+. The molecule has 0 aliphatic heterocycles. The fourth-order valence-electron chi connectivity index (χ4n) is 2.92. The third-order valence-electron chi connectivity index (χ3n) is 4.49. The molecule has 1 heterocycles. The molecule has 0 aliphatic carbocycles. The highest BCUT2D eigenvalue weighted by atomic mass is 35.5. The van der Waals surface area contributed by atoms with E-state index in [1.165, 1.54) is 6.21 Å². The molecule has 1 N–H and O–H groups in total. The summed E-state index contributed by atoms with van der Waals surface area (Å²) in [5.41, 5.74) is 4.91. The number of aromatic nitrogens is 2. The molecule has 1 aromatic heterocycles. The lowest BCUT2D eigenvalue weighted by Crippen LogP contribution is -2.17. The summed E-state index contributed by atoms with van der Waals surface area (Å²) in [5.74, 6) is -0.625. The zero-order valence-electron chi connectivity index (χ0n) is 16.3. The monoisotopic (exact) mass is 428 g/mol. The quantitative estimate of drug-likeness (QED) is 0.278. The molecule has 0 unspecified atom stereocenters. The number of amides is 1. The number of carbonyl (C=O) groups is 2. The lowest BCUT2D eigenvalue weighted by Gasteiger charge is -2.00. The Morgan fingerprint density at radius 1 is 0.871 bits per heavy atom. The van der Waals surface area contributed by atoms with Crippen molar-refractivity contribution < 1.29 is 9.59 Å². The predicted octanol–water partition coefficient (Wildman–Crippen LogP) is 4.52. The molecule has 31 heavy (non-hydrogen) atoms. The number of nitrogens with zero attached hydrogens (tertiary/aromatic N) is 3. The predicted molar refractivity (Wildman–Crippen MR) is 120 cm³/mol. The largest absolute Gasteiger partial charge is 0.287 e. The number of carbonyl (C=O) groups excluding carboxylic acids is 2. The number of hydrazone groups is 1. The van der Waals surface area contributed by atoms with Crippen molar-refractivity contribution in [3.63, 3.8) is 0 Å². The summed E-state index contributed by atoms with van der Waals surface area (Å²) in [4.78, 5) is 25.3. The molecular weight excluding hydrogens is 412 g/mol. The Morgan fingerprint density at radius 3 is 2.19 bits per heavy atom. The van der Waals surface area contributed by atoms with Gasteiger partial charge in [-0.15, -0.1) is 0 Å². The van der Waals surface area contributed by atoms with Gasteiger partial charge in [0.15, 0.2) is 0 Å². The van der Waals surface area contributed by atoms with E-state index in [0.717, 1.165) is 5.69 Å². The number of para-hydroxylation sites is 1. The molecule has 0 fully saturated rings. The molecule has 0 radical (unpaired) electrons. The van der Waals surface area contributed by atoms with Crippen molar-refractivity contribution in [3.8, 4) is 5.69 Å². The Morgan fingerprint density at radius 2 is 1.52 bits per heavy atom. The van der Waals surface area contributed by atoms with Gasteiger partial charge in [-0.25, -0.2) is 10.1 Å². The van der Waals surface area contributed by atoms with Gasteiger partial charge in [0.05, 0.1) is 11.9 Å². The van der Waals surface area contributed by atoms with Crippen molar-refractivity contribution in [3.05, 3.63) is 119 Å². The lowest BCUT2D eigenvalue weighted by molar-refractivity contribution is 0.0954. The maximum atomic E-state index is 13.0. The Balaban J connectivity index is 1.62. The summed E-state index contributed by atoms with van der Waals surface area (Å²) < 4.78 is 1.61. The molecule has 4 rings (SSSR count). The maximum absolute atomic E-state index is 13.0. The highest BCUT2D eigenvalue weighted by molar-refractivity contribution is 6.30. The topological polar surface area (TPSA) is 76.3 Å². The van der Waals surface area contributed by atoms with Crippen LogP contribution in [0, 0.1) is 0 Å². The van der Waals surface area contributed by atoms with Crippen LogP contribution < -0.4 is 5.43 Å². The van der Waals surface area contributed by atoms with Gasteiger partial charge in [0.2, 0.25) is 5.78 Å². The number of halogens is 1. The second-order valence-corrected chi connectivity index (χ2v) is 7.05. The smallest absolute Gasteiger partial charge is 0.271 e. The number of nitrogens with one attached hydrogen (secondary N) is 1. The van der Waals surface area contributed by atoms with Crippen molar-refractivity contribution in [1.29, 1.82) is 0 Å². The minimum atomic E-state index is -0.390. The molecule has 7 heteroatoms. The van der Waals surface area contributed by atoms with Crippen LogP contribution in [0.15, 0.2) is 96.2 Å². The van der Waals surface area contributed by atoms with Crippen LogP contribution in [0.3, 0.4) is 0 Å². The molecule has 0 saturated heterocycles. The van der Waals surface area contributed by atoms with Gasteiger partial charge in [-0.05, 0) is 36.4 Å².